The largest absolute Gasteiger partial charge is 0.458 e. The number of nitrogens with zero attached hydrogens (tertiary/aromatic N) is 1. The standard InChI is InChI=1S/C20H22F3NO2S/c1-2-9-19(20(21,22)23)10-7-15(8-11-19)26-18(25)16-6-5-14(13-24-16)17-4-3-12-27-17/h3-6,12-13,15H,2,7-11H2,1H3/t15-,19+. The average molecular weight is 397 g/mol. The van der Waals surface area contributed by atoms with Crippen LogP contribution in [-0.2, 0) is 4.74 Å². The monoisotopic (exact) mass is 397 g/mol. The molecule has 7 heteroatoms. The van der Waals surface area contributed by atoms with Crippen molar-refractivity contribution in [2.45, 2.75) is 57.7 Å². The molecule has 27 heavy (non-hydrogen) atoms. The molecule has 2 aromatic rings. The first-order valence-corrected chi connectivity index (χ1v) is 10.0. The van der Waals surface area contributed by atoms with E-state index in [0.29, 0.717) is 6.42 Å². The average Bonchev–Trinajstić information content (AvgIpc) is 3.17. The molecule has 146 valence electrons. The topological polar surface area (TPSA) is 39.2 Å². The van der Waals surface area contributed by atoms with Gasteiger partial charge in [0.2, 0.25) is 0 Å². The third-order valence-electron chi connectivity index (χ3n) is 5.27. The van der Waals surface area contributed by atoms with Crippen molar-refractivity contribution in [3.63, 3.8) is 0 Å². The molecule has 0 aliphatic heterocycles. The van der Waals surface area contributed by atoms with Crippen molar-refractivity contribution < 1.29 is 22.7 Å². The van der Waals surface area contributed by atoms with Gasteiger partial charge in [-0.25, -0.2) is 9.78 Å². The smallest absolute Gasteiger partial charge is 0.394 e. The molecular weight excluding hydrogens is 375 g/mol. The second kappa shape index (κ2) is 8.00. The van der Waals surface area contributed by atoms with Gasteiger partial charge < -0.3 is 4.74 Å². The molecule has 2 heterocycles. The number of pyridine rings is 1. The minimum Gasteiger partial charge on any atom is -0.458 e. The van der Waals surface area contributed by atoms with Gasteiger partial charge in [0.05, 0.1) is 5.41 Å². The van der Waals surface area contributed by atoms with E-state index in [1.807, 2.05) is 17.5 Å². The van der Waals surface area contributed by atoms with E-state index in [9.17, 15) is 18.0 Å². The summed E-state index contributed by atoms with van der Waals surface area (Å²) in [6.45, 7) is 1.77. The zero-order chi connectivity index (χ0) is 19.5. The first-order chi connectivity index (χ1) is 12.8. The van der Waals surface area contributed by atoms with Crippen LogP contribution >= 0.6 is 11.3 Å². The van der Waals surface area contributed by atoms with Crippen molar-refractivity contribution in [3.8, 4) is 10.4 Å². The Balaban J connectivity index is 1.59. The molecule has 1 aliphatic carbocycles. The molecule has 3 nitrogen and oxygen atoms in total. The number of esters is 1. The summed E-state index contributed by atoms with van der Waals surface area (Å²) in [5.74, 6) is -0.576. The Morgan fingerprint density at radius 3 is 2.56 bits per heavy atom. The van der Waals surface area contributed by atoms with E-state index in [4.69, 9.17) is 4.74 Å². The number of alkyl halides is 3. The molecule has 0 saturated heterocycles. The van der Waals surface area contributed by atoms with Gasteiger partial charge in [-0.15, -0.1) is 11.3 Å². The van der Waals surface area contributed by atoms with E-state index in [1.165, 1.54) is 0 Å². The summed E-state index contributed by atoms with van der Waals surface area (Å²) in [5.41, 5.74) is -0.545. The van der Waals surface area contributed by atoms with Gasteiger partial charge in [0, 0.05) is 16.6 Å². The summed E-state index contributed by atoms with van der Waals surface area (Å²) in [7, 11) is 0. The summed E-state index contributed by atoms with van der Waals surface area (Å²) in [6, 6.07) is 7.29. The molecular formula is C20H22F3NO2S. The predicted octanol–water partition coefficient (Wildman–Crippen LogP) is 6.26. The molecule has 0 radical (unpaired) electrons. The minimum absolute atomic E-state index is 0.00698. The van der Waals surface area contributed by atoms with E-state index in [2.05, 4.69) is 4.98 Å². The lowest BCUT2D eigenvalue weighted by molar-refractivity contribution is -0.241. The van der Waals surface area contributed by atoms with Crippen molar-refractivity contribution in [1.82, 2.24) is 4.98 Å². The van der Waals surface area contributed by atoms with Crippen LogP contribution in [-0.4, -0.2) is 23.2 Å². The zero-order valence-electron chi connectivity index (χ0n) is 15.1. The summed E-state index contributed by atoms with van der Waals surface area (Å²) >= 11 is 1.58. The molecule has 0 amide bonds. The SMILES string of the molecule is CCC[C@]1(C(F)(F)F)CC[C@@H](OC(=O)c2ccc(-c3cccs3)cn2)CC1. The first kappa shape index (κ1) is 19.9. The second-order valence-electron chi connectivity index (χ2n) is 7.04. The molecule has 0 spiro atoms. The van der Waals surface area contributed by atoms with Crippen LogP contribution in [0.25, 0.3) is 10.4 Å². The molecule has 1 aliphatic rings. The number of hydrogen-bond donors (Lipinski definition) is 0. The third kappa shape index (κ3) is 4.34. The summed E-state index contributed by atoms with van der Waals surface area (Å²) in [5, 5.41) is 1.96. The van der Waals surface area contributed by atoms with Gasteiger partial charge in [0.1, 0.15) is 11.8 Å². The quantitative estimate of drug-likeness (QED) is 0.559. The van der Waals surface area contributed by atoms with E-state index < -0.39 is 23.7 Å². The van der Waals surface area contributed by atoms with Gasteiger partial charge >= 0.3 is 12.1 Å². The molecule has 3 rings (SSSR count). The summed E-state index contributed by atoms with van der Waals surface area (Å²) in [4.78, 5) is 17.5. The number of carbonyl (C=O) groups excluding carboxylic acids is 1. The van der Waals surface area contributed by atoms with Gasteiger partial charge in [0.15, 0.2) is 0 Å². The van der Waals surface area contributed by atoms with Crippen molar-refractivity contribution >= 4 is 17.3 Å². The maximum absolute atomic E-state index is 13.5. The molecule has 0 bridgehead atoms. The molecule has 0 atom stereocenters. The highest BCUT2D eigenvalue weighted by Gasteiger charge is 2.55. The number of aromatic nitrogens is 1. The van der Waals surface area contributed by atoms with Crippen LogP contribution in [0.5, 0.6) is 0 Å². The van der Waals surface area contributed by atoms with Crippen LogP contribution in [0, 0.1) is 5.41 Å². The molecule has 0 N–H and O–H groups in total. The third-order valence-corrected chi connectivity index (χ3v) is 6.19. The van der Waals surface area contributed by atoms with Crippen molar-refractivity contribution in [2.24, 2.45) is 5.41 Å². The Bertz CT molecular complexity index is 749. The lowest BCUT2D eigenvalue weighted by Gasteiger charge is -2.41. The lowest BCUT2D eigenvalue weighted by Crippen LogP contribution is -2.43. The number of thiophene rings is 1. The predicted molar refractivity (Wildman–Crippen MR) is 98.6 cm³/mol. The van der Waals surface area contributed by atoms with E-state index in [1.54, 1.807) is 36.6 Å². The van der Waals surface area contributed by atoms with Crippen molar-refractivity contribution in [3.05, 3.63) is 41.5 Å². The van der Waals surface area contributed by atoms with Crippen molar-refractivity contribution in [1.29, 1.82) is 0 Å². The fourth-order valence-corrected chi connectivity index (χ4v) is 4.45. The highest BCUT2D eigenvalue weighted by Crippen LogP contribution is 2.52. The number of rotatable bonds is 5. The lowest BCUT2D eigenvalue weighted by atomic mass is 9.70. The number of ether oxygens (including phenoxy) is 1. The van der Waals surface area contributed by atoms with E-state index >= 15 is 0 Å². The maximum Gasteiger partial charge on any atom is 0.394 e. The molecule has 2 aromatic heterocycles. The highest BCUT2D eigenvalue weighted by molar-refractivity contribution is 7.13. The summed E-state index contributed by atoms with van der Waals surface area (Å²) < 4.78 is 45.9. The van der Waals surface area contributed by atoms with Gasteiger partial charge in [-0.2, -0.15) is 13.2 Å². The van der Waals surface area contributed by atoms with Crippen LogP contribution in [0.1, 0.15) is 55.9 Å². The van der Waals surface area contributed by atoms with Crippen LogP contribution < -0.4 is 0 Å². The molecule has 1 fully saturated rings. The number of halogens is 3. The number of hydrogen-bond acceptors (Lipinski definition) is 4. The molecule has 1 saturated carbocycles. The normalized spacial score (nSPS) is 23.2. The van der Waals surface area contributed by atoms with Gasteiger partial charge in [-0.05, 0) is 55.7 Å². The van der Waals surface area contributed by atoms with E-state index in [-0.39, 0.29) is 37.8 Å². The Morgan fingerprint density at radius 2 is 2.04 bits per heavy atom. The number of carbonyl (C=O) groups is 1. The van der Waals surface area contributed by atoms with Crippen molar-refractivity contribution in [2.75, 3.05) is 0 Å². The fourth-order valence-electron chi connectivity index (χ4n) is 3.73. The van der Waals surface area contributed by atoms with Crippen LogP contribution in [0.15, 0.2) is 35.8 Å². The Kier molecular flexibility index (Phi) is 5.89. The Morgan fingerprint density at radius 1 is 1.30 bits per heavy atom. The Labute approximate surface area is 160 Å². The summed E-state index contributed by atoms with van der Waals surface area (Å²) in [6.07, 6.45) is -1.98. The zero-order valence-corrected chi connectivity index (χ0v) is 15.9. The van der Waals surface area contributed by atoms with Gasteiger partial charge in [-0.1, -0.05) is 19.4 Å². The maximum atomic E-state index is 13.5. The minimum atomic E-state index is -4.21. The highest BCUT2D eigenvalue weighted by atomic mass is 32.1. The van der Waals surface area contributed by atoms with Gasteiger partial charge in [-0.3, -0.25) is 0 Å². The van der Waals surface area contributed by atoms with E-state index in [0.717, 1.165) is 10.4 Å². The molecule has 0 aromatic carbocycles. The van der Waals surface area contributed by atoms with Crippen LogP contribution in [0.2, 0.25) is 0 Å². The first-order valence-electron chi connectivity index (χ1n) is 9.12. The Hall–Kier alpha value is -1.89. The second-order valence-corrected chi connectivity index (χ2v) is 7.99. The fraction of sp³-hybridized carbons (Fsp3) is 0.500. The molecule has 0 unspecified atom stereocenters. The van der Waals surface area contributed by atoms with Crippen LogP contribution in [0.3, 0.4) is 0 Å². The van der Waals surface area contributed by atoms with Gasteiger partial charge in [0.25, 0.3) is 0 Å². The van der Waals surface area contributed by atoms with Crippen LogP contribution in [0.4, 0.5) is 13.2 Å².